The molecule has 0 aliphatic rings. The Morgan fingerprint density at radius 2 is 2.17 bits per heavy atom. The van der Waals surface area contributed by atoms with E-state index in [9.17, 15) is 18.0 Å². The van der Waals surface area contributed by atoms with Gasteiger partial charge in [-0.1, -0.05) is 6.07 Å². The van der Waals surface area contributed by atoms with E-state index in [-0.39, 0.29) is 18.8 Å². The molecule has 0 radical (unpaired) electrons. The number of rotatable bonds is 5. The van der Waals surface area contributed by atoms with Gasteiger partial charge in [0.15, 0.2) is 0 Å². The van der Waals surface area contributed by atoms with Gasteiger partial charge in [-0.2, -0.15) is 13.2 Å². The summed E-state index contributed by atoms with van der Waals surface area (Å²) in [5, 5.41) is 2.40. The van der Waals surface area contributed by atoms with Gasteiger partial charge in [-0.3, -0.25) is 4.79 Å². The molecule has 1 amide bonds. The lowest BCUT2D eigenvalue weighted by molar-refractivity contribution is -0.173. The van der Waals surface area contributed by atoms with Gasteiger partial charge in [-0.15, -0.1) is 0 Å². The third-order valence-electron chi connectivity index (χ3n) is 1.75. The number of carbonyl (C=O) groups excluding carboxylic acids is 1. The summed E-state index contributed by atoms with van der Waals surface area (Å²) >= 11 is 3.10. The number of ether oxygens (including phenoxy) is 1. The smallest absolute Gasteiger partial charge is 0.370 e. The molecule has 18 heavy (non-hydrogen) atoms. The highest BCUT2D eigenvalue weighted by molar-refractivity contribution is 9.10. The number of carbonyl (C=O) groups is 1. The van der Waals surface area contributed by atoms with Crippen molar-refractivity contribution in [3.63, 3.8) is 0 Å². The fourth-order valence-electron chi connectivity index (χ4n) is 1.05. The molecule has 8 heteroatoms. The summed E-state index contributed by atoms with van der Waals surface area (Å²) < 4.78 is 40.0. The predicted octanol–water partition coefficient (Wildman–Crippen LogP) is 2.15. The standard InChI is InChI=1S/C10H10BrF3N2O2/c11-8-3-1-2-7(16-8)9(17)15-4-5-18-6-10(12,13)14/h1-3H,4-6H2,(H,15,17). The summed E-state index contributed by atoms with van der Waals surface area (Å²) in [6.07, 6.45) is -4.35. The third-order valence-corrected chi connectivity index (χ3v) is 2.19. The van der Waals surface area contributed by atoms with E-state index in [2.05, 4.69) is 31.0 Å². The van der Waals surface area contributed by atoms with Crippen LogP contribution in [0.2, 0.25) is 0 Å². The van der Waals surface area contributed by atoms with Crippen LogP contribution >= 0.6 is 15.9 Å². The molecule has 0 aliphatic carbocycles. The van der Waals surface area contributed by atoms with Gasteiger partial charge in [0.2, 0.25) is 0 Å². The van der Waals surface area contributed by atoms with Crippen molar-refractivity contribution in [2.45, 2.75) is 6.18 Å². The summed E-state index contributed by atoms with van der Waals surface area (Å²) in [5.41, 5.74) is 0.181. The molecule has 4 nitrogen and oxygen atoms in total. The number of halogens is 4. The Labute approximate surface area is 110 Å². The second-order valence-corrected chi connectivity index (χ2v) is 4.08. The molecule has 0 aliphatic heterocycles. The van der Waals surface area contributed by atoms with Gasteiger partial charge in [-0.05, 0) is 28.1 Å². The maximum absolute atomic E-state index is 11.7. The summed E-state index contributed by atoms with van der Waals surface area (Å²) in [4.78, 5) is 15.4. The third kappa shape index (κ3) is 5.97. The van der Waals surface area contributed by atoms with Gasteiger partial charge in [-0.25, -0.2) is 4.98 Å². The van der Waals surface area contributed by atoms with Crippen LogP contribution in [0.3, 0.4) is 0 Å². The highest BCUT2D eigenvalue weighted by atomic mass is 79.9. The van der Waals surface area contributed by atoms with Crippen molar-refractivity contribution in [1.29, 1.82) is 0 Å². The average Bonchev–Trinajstić information content (AvgIpc) is 2.26. The van der Waals surface area contributed by atoms with Crippen LogP contribution in [0.5, 0.6) is 0 Å². The van der Waals surface area contributed by atoms with Gasteiger partial charge in [0.1, 0.15) is 16.9 Å². The zero-order valence-corrected chi connectivity index (χ0v) is 10.7. The highest BCUT2D eigenvalue weighted by Gasteiger charge is 2.27. The Morgan fingerprint density at radius 3 is 2.78 bits per heavy atom. The highest BCUT2D eigenvalue weighted by Crippen LogP contribution is 2.13. The van der Waals surface area contributed by atoms with Crippen LogP contribution in [0.15, 0.2) is 22.8 Å². The van der Waals surface area contributed by atoms with Crippen molar-refractivity contribution in [2.75, 3.05) is 19.8 Å². The molecule has 0 bridgehead atoms. The molecule has 0 spiro atoms. The maximum Gasteiger partial charge on any atom is 0.411 e. The molecule has 0 unspecified atom stereocenters. The Hall–Kier alpha value is -1.15. The Morgan fingerprint density at radius 1 is 1.44 bits per heavy atom. The molecule has 100 valence electrons. The molecule has 1 rings (SSSR count). The van der Waals surface area contributed by atoms with Crippen LogP contribution in [0, 0.1) is 0 Å². The first-order valence-electron chi connectivity index (χ1n) is 4.94. The minimum absolute atomic E-state index is 0.0108. The predicted molar refractivity (Wildman–Crippen MR) is 61.1 cm³/mol. The molecular formula is C10H10BrF3N2O2. The van der Waals surface area contributed by atoms with E-state index < -0.39 is 18.7 Å². The molecule has 1 aromatic heterocycles. The molecule has 0 atom stereocenters. The summed E-state index contributed by atoms with van der Waals surface area (Å²) in [5.74, 6) is -0.466. The van der Waals surface area contributed by atoms with E-state index in [1.165, 1.54) is 6.07 Å². The van der Waals surface area contributed by atoms with E-state index in [1.54, 1.807) is 12.1 Å². The number of amides is 1. The summed E-state index contributed by atoms with van der Waals surface area (Å²) in [7, 11) is 0. The number of aromatic nitrogens is 1. The van der Waals surface area contributed by atoms with Gasteiger partial charge in [0.25, 0.3) is 5.91 Å². The molecule has 0 saturated heterocycles. The van der Waals surface area contributed by atoms with Gasteiger partial charge < -0.3 is 10.1 Å². The van der Waals surface area contributed by atoms with Crippen LogP contribution in [-0.4, -0.2) is 36.8 Å². The molecule has 0 saturated carbocycles. The van der Waals surface area contributed by atoms with Gasteiger partial charge >= 0.3 is 6.18 Å². The fraction of sp³-hybridized carbons (Fsp3) is 0.400. The summed E-state index contributed by atoms with van der Waals surface area (Å²) in [6, 6.07) is 4.78. The fourth-order valence-corrected chi connectivity index (χ4v) is 1.39. The molecule has 1 N–H and O–H groups in total. The number of nitrogens with one attached hydrogen (secondary N) is 1. The molecular weight excluding hydrogens is 317 g/mol. The van der Waals surface area contributed by atoms with Gasteiger partial charge in [0.05, 0.1) is 6.61 Å². The Bertz CT molecular complexity index is 412. The van der Waals surface area contributed by atoms with E-state index in [0.717, 1.165) is 0 Å². The van der Waals surface area contributed by atoms with Crippen molar-refractivity contribution < 1.29 is 22.7 Å². The number of hydrogen-bond acceptors (Lipinski definition) is 3. The van der Waals surface area contributed by atoms with Crippen LogP contribution in [0.1, 0.15) is 10.5 Å². The van der Waals surface area contributed by atoms with E-state index in [4.69, 9.17) is 0 Å². The molecule has 1 heterocycles. The van der Waals surface area contributed by atoms with E-state index in [0.29, 0.717) is 4.60 Å². The number of pyridine rings is 1. The topological polar surface area (TPSA) is 51.2 Å². The first kappa shape index (κ1) is 14.9. The second kappa shape index (κ2) is 6.69. The monoisotopic (exact) mass is 326 g/mol. The second-order valence-electron chi connectivity index (χ2n) is 3.27. The zero-order chi connectivity index (χ0) is 13.6. The minimum Gasteiger partial charge on any atom is -0.370 e. The van der Waals surface area contributed by atoms with Crippen molar-refractivity contribution in [2.24, 2.45) is 0 Å². The minimum atomic E-state index is -4.35. The van der Waals surface area contributed by atoms with Crippen molar-refractivity contribution in [1.82, 2.24) is 10.3 Å². The quantitative estimate of drug-likeness (QED) is 0.666. The zero-order valence-electron chi connectivity index (χ0n) is 9.13. The average molecular weight is 327 g/mol. The van der Waals surface area contributed by atoms with Crippen molar-refractivity contribution in [3.05, 3.63) is 28.5 Å². The first-order valence-corrected chi connectivity index (χ1v) is 5.73. The van der Waals surface area contributed by atoms with Crippen LogP contribution in [-0.2, 0) is 4.74 Å². The Balaban J connectivity index is 2.26. The lowest BCUT2D eigenvalue weighted by Crippen LogP contribution is -2.29. The molecule has 0 aromatic carbocycles. The number of hydrogen-bond donors (Lipinski definition) is 1. The maximum atomic E-state index is 11.7. The van der Waals surface area contributed by atoms with Crippen molar-refractivity contribution >= 4 is 21.8 Å². The van der Waals surface area contributed by atoms with Crippen LogP contribution in [0.25, 0.3) is 0 Å². The van der Waals surface area contributed by atoms with E-state index >= 15 is 0 Å². The van der Waals surface area contributed by atoms with Crippen LogP contribution < -0.4 is 5.32 Å². The first-order chi connectivity index (χ1) is 8.38. The largest absolute Gasteiger partial charge is 0.411 e. The molecule has 1 aromatic rings. The Kier molecular flexibility index (Phi) is 5.54. The lowest BCUT2D eigenvalue weighted by Gasteiger charge is -2.08. The SMILES string of the molecule is O=C(NCCOCC(F)(F)F)c1cccc(Br)n1. The van der Waals surface area contributed by atoms with E-state index in [1.807, 2.05) is 0 Å². The normalized spacial score (nSPS) is 11.3. The number of alkyl halides is 3. The molecule has 0 fully saturated rings. The van der Waals surface area contributed by atoms with Gasteiger partial charge in [0, 0.05) is 6.54 Å². The summed E-state index contributed by atoms with van der Waals surface area (Å²) in [6.45, 7) is -1.54. The number of nitrogens with zero attached hydrogens (tertiary/aromatic N) is 1. The van der Waals surface area contributed by atoms with Crippen LogP contribution in [0.4, 0.5) is 13.2 Å². The van der Waals surface area contributed by atoms with Crippen molar-refractivity contribution in [3.8, 4) is 0 Å². The lowest BCUT2D eigenvalue weighted by atomic mass is 10.3.